The normalized spacial score (nSPS) is 18.1. The molecular weight excluding hydrogens is 624 g/mol. The lowest BCUT2D eigenvalue weighted by atomic mass is 9.88. The number of rotatable bonds is 6. The summed E-state index contributed by atoms with van der Waals surface area (Å²) in [4.78, 5) is 22.1. The fourth-order valence-corrected chi connectivity index (χ4v) is 6.29. The van der Waals surface area contributed by atoms with Crippen LogP contribution in [0.1, 0.15) is 64.1 Å². The number of urea groups is 1. The van der Waals surface area contributed by atoms with Gasteiger partial charge in [0.05, 0.1) is 53.0 Å². The molecule has 5 heterocycles. The van der Waals surface area contributed by atoms with Gasteiger partial charge in [0.15, 0.2) is 19.8 Å². The molecule has 1 N–H and O–H groups in total. The third-order valence-electron chi connectivity index (χ3n) is 8.44. The fraction of sp³-hybridized carbons (Fsp3) is 0.481. The molecule has 18 heteroatoms. The van der Waals surface area contributed by atoms with Gasteiger partial charge in [0, 0.05) is 12.6 Å². The molecule has 0 saturated carbocycles. The summed E-state index contributed by atoms with van der Waals surface area (Å²) in [6.07, 6.45) is -5.05. The summed E-state index contributed by atoms with van der Waals surface area (Å²) in [6, 6.07) is 0.741. The second-order valence-electron chi connectivity index (χ2n) is 12.6. The zero-order valence-corrected chi connectivity index (χ0v) is 26.4. The molecule has 2 atom stereocenters. The van der Waals surface area contributed by atoms with Crippen molar-refractivity contribution >= 4 is 31.4 Å². The summed E-state index contributed by atoms with van der Waals surface area (Å²) >= 11 is 0. The van der Waals surface area contributed by atoms with Crippen molar-refractivity contribution < 1.29 is 35.6 Å². The number of halogens is 6. The number of carbonyl (C=O) groups is 1. The van der Waals surface area contributed by atoms with Crippen LogP contribution >= 0.6 is 0 Å². The second-order valence-corrected chi connectivity index (χ2v) is 17.4. The van der Waals surface area contributed by atoms with E-state index in [0.717, 1.165) is 41.0 Å². The third-order valence-corrected chi connectivity index (χ3v) is 13.0. The summed E-state index contributed by atoms with van der Waals surface area (Å²) < 4.78 is 93.9. The number of hydrogen-bond donors (Lipinski definition) is 1. The maximum absolute atomic E-state index is 14.4. The highest BCUT2D eigenvalue weighted by Crippen LogP contribution is 2.50. The molecule has 5 rings (SSSR count). The summed E-state index contributed by atoms with van der Waals surface area (Å²) in [7, 11) is -2.27. The number of anilines is 2. The topological polar surface area (TPSA) is 115 Å². The fourth-order valence-electron chi connectivity index (χ4n) is 4.93. The summed E-state index contributed by atoms with van der Waals surface area (Å²) in [5.74, 6) is -1.31. The van der Waals surface area contributed by atoms with Gasteiger partial charge < -0.3 is 9.74 Å². The van der Waals surface area contributed by atoms with Gasteiger partial charge in [-0.05, 0) is 38.0 Å². The Hall–Kier alpha value is -4.06. The molecule has 1 aliphatic heterocycles. The van der Waals surface area contributed by atoms with E-state index in [1.165, 1.54) is 6.20 Å². The van der Waals surface area contributed by atoms with Crippen molar-refractivity contribution in [3.05, 3.63) is 53.6 Å². The van der Waals surface area contributed by atoms with E-state index in [1.807, 2.05) is 13.1 Å². The van der Waals surface area contributed by atoms with Gasteiger partial charge >= 0.3 is 12.2 Å². The van der Waals surface area contributed by atoms with Crippen molar-refractivity contribution in [1.82, 2.24) is 34.6 Å². The van der Waals surface area contributed by atoms with Crippen LogP contribution in [0.5, 0.6) is 0 Å². The van der Waals surface area contributed by atoms with Gasteiger partial charge in [-0.3, -0.25) is 4.90 Å². The van der Waals surface area contributed by atoms with Crippen LogP contribution in [-0.4, -0.2) is 61.6 Å². The van der Waals surface area contributed by atoms with E-state index in [2.05, 4.69) is 51.5 Å². The molecule has 2 unspecified atom stereocenters. The van der Waals surface area contributed by atoms with Gasteiger partial charge in [0.2, 0.25) is 5.95 Å². The molecule has 0 saturated heterocycles. The SMILES string of the molecule is CC(O[Si](C)(C)C(C)(C)C)c1cnnn1-c1ncc(NC(=O)N2CC(C)(C(F)(F)F)c3c2cnc2cc(F)nn32)cc1C(F)F. The number of nitrogens with zero attached hydrogens (tertiary/aromatic N) is 8. The van der Waals surface area contributed by atoms with Crippen molar-refractivity contribution in [1.29, 1.82) is 0 Å². The summed E-state index contributed by atoms with van der Waals surface area (Å²) in [5.41, 5.74) is -4.05. The Morgan fingerprint density at radius 1 is 1.11 bits per heavy atom. The van der Waals surface area contributed by atoms with Gasteiger partial charge in [-0.2, -0.15) is 22.2 Å². The molecule has 0 radical (unpaired) electrons. The minimum absolute atomic E-state index is 0.129. The van der Waals surface area contributed by atoms with Crippen LogP contribution in [0.25, 0.3) is 11.5 Å². The molecule has 0 aromatic carbocycles. The number of carbonyl (C=O) groups excluding carboxylic acids is 1. The van der Waals surface area contributed by atoms with Crippen molar-refractivity contribution in [3.8, 4) is 5.82 Å². The van der Waals surface area contributed by atoms with E-state index in [4.69, 9.17) is 4.43 Å². The first-order valence-electron chi connectivity index (χ1n) is 13.8. The van der Waals surface area contributed by atoms with E-state index >= 15 is 0 Å². The molecule has 11 nitrogen and oxygen atoms in total. The van der Waals surface area contributed by atoms with E-state index in [0.29, 0.717) is 10.2 Å². The largest absolute Gasteiger partial charge is 0.409 e. The molecule has 0 spiro atoms. The molecule has 45 heavy (non-hydrogen) atoms. The van der Waals surface area contributed by atoms with E-state index < -0.39 is 62.2 Å². The number of nitrogens with one attached hydrogen (secondary N) is 1. The predicted molar refractivity (Wildman–Crippen MR) is 154 cm³/mol. The molecular formula is C27H31F6N9O2Si. The van der Waals surface area contributed by atoms with Gasteiger partial charge in [0.1, 0.15) is 5.41 Å². The second kappa shape index (κ2) is 10.8. The quantitative estimate of drug-likeness (QED) is 0.181. The van der Waals surface area contributed by atoms with Gasteiger partial charge in [0.25, 0.3) is 6.43 Å². The van der Waals surface area contributed by atoms with Crippen LogP contribution in [0.15, 0.2) is 30.7 Å². The average Bonchev–Trinajstić information content (AvgIpc) is 3.62. The molecule has 0 bridgehead atoms. The number of alkyl halides is 5. The number of aromatic nitrogens is 7. The average molecular weight is 656 g/mol. The molecule has 4 aromatic heterocycles. The van der Waals surface area contributed by atoms with Crippen molar-refractivity contribution in [2.24, 2.45) is 0 Å². The Morgan fingerprint density at radius 3 is 2.42 bits per heavy atom. The van der Waals surface area contributed by atoms with E-state index in [1.54, 1.807) is 6.92 Å². The van der Waals surface area contributed by atoms with Crippen LogP contribution in [0.3, 0.4) is 0 Å². The summed E-state index contributed by atoms with van der Waals surface area (Å²) in [5, 5.41) is 13.5. The van der Waals surface area contributed by atoms with Crippen LogP contribution in [0, 0.1) is 5.95 Å². The first-order chi connectivity index (χ1) is 20.7. The monoisotopic (exact) mass is 655 g/mol. The Balaban J connectivity index is 1.47. The Kier molecular flexibility index (Phi) is 7.75. The maximum atomic E-state index is 14.4. The molecule has 4 aromatic rings. The van der Waals surface area contributed by atoms with Crippen LogP contribution in [0.2, 0.25) is 18.1 Å². The standard InChI is InChI=1S/C27H31F6N9O2Si/c1-14(44-45(6,7)25(2,3)4)17-12-36-39-41(17)23-16(22(29)30)8-15(10-35-23)37-24(43)40-13-26(5,27(31,32)33)21-18(40)11-34-20-9-19(28)38-42(20)21/h8-12,14,22H,13H2,1-7H3,(H,37,43). The highest BCUT2D eigenvalue weighted by Gasteiger charge is 2.60. The zero-order valence-electron chi connectivity index (χ0n) is 25.4. The molecule has 0 fully saturated rings. The van der Waals surface area contributed by atoms with Crippen molar-refractivity contribution in [2.75, 3.05) is 16.8 Å². The molecule has 0 aliphatic carbocycles. The number of pyridine rings is 1. The minimum Gasteiger partial charge on any atom is -0.409 e. The highest BCUT2D eigenvalue weighted by atomic mass is 28.4. The molecule has 242 valence electrons. The Labute approximate surface area is 254 Å². The number of fused-ring (bicyclic) bond motifs is 3. The lowest BCUT2D eigenvalue weighted by Gasteiger charge is -2.38. The van der Waals surface area contributed by atoms with E-state index in [9.17, 15) is 31.1 Å². The van der Waals surface area contributed by atoms with Gasteiger partial charge in [-0.1, -0.05) is 26.0 Å². The van der Waals surface area contributed by atoms with E-state index in [-0.39, 0.29) is 27.9 Å². The van der Waals surface area contributed by atoms with Crippen LogP contribution in [-0.2, 0) is 9.84 Å². The lowest BCUT2D eigenvalue weighted by molar-refractivity contribution is -0.181. The third kappa shape index (κ3) is 5.53. The Morgan fingerprint density at radius 2 is 1.80 bits per heavy atom. The molecule has 1 aliphatic rings. The predicted octanol–water partition coefficient (Wildman–Crippen LogP) is 6.74. The molecule has 2 amide bonds. The van der Waals surface area contributed by atoms with Gasteiger partial charge in [-0.15, -0.1) is 10.2 Å². The van der Waals surface area contributed by atoms with Crippen molar-refractivity contribution in [3.63, 3.8) is 0 Å². The smallest absolute Gasteiger partial charge is 0.401 e. The minimum atomic E-state index is -4.87. The Bertz CT molecular complexity index is 1770. The highest BCUT2D eigenvalue weighted by molar-refractivity contribution is 6.74. The number of hydrogen-bond acceptors (Lipinski definition) is 7. The number of amides is 2. The van der Waals surface area contributed by atoms with Crippen LogP contribution in [0.4, 0.5) is 42.5 Å². The lowest BCUT2D eigenvalue weighted by Crippen LogP contribution is -2.46. The zero-order chi connectivity index (χ0) is 33.3. The van der Waals surface area contributed by atoms with Gasteiger partial charge in [-0.25, -0.2) is 28.1 Å². The maximum Gasteiger partial charge on any atom is 0.401 e. The summed E-state index contributed by atoms with van der Waals surface area (Å²) in [6.45, 7) is 12.0. The van der Waals surface area contributed by atoms with Crippen molar-refractivity contribution in [2.45, 2.75) is 76.9 Å². The first-order valence-corrected chi connectivity index (χ1v) is 16.7. The van der Waals surface area contributed by atoms with Crippen LogP contribution < -0.4 is 10.2 Å². The first kappa shape index (κ1) is 32.3.